The summed E-state index contributed by atoms with van der Waals surface area (Å²) >= 11 is 0. The number of carbonyl (C=O) groups excluding carboxylic acids is 2. The molecule has 0 saturated carbocycles. The lowest BCUT2D eigenvalue weighted by atomic mass is 10.2. The minimum atomic E-state index is -1.04. The third-order valence-corrected chi connectivity index (χ3v) is 3.49. The van der Waals surface area contributed by atoms with Gasteiger partial charge in [0.15, 0.2) is 12.2 Å². The van der Waals surface area contributed by atoms with Crippen molar-refractivity contribution in [2.75, 3.05) is 0 Å². The molecule has 2 aromatic carbocycles. The van der Waals surface area contributed by atoms with Crippen molar-refractivity contribution >= 4 is 11.9 Å². The highest BCUT2D eigenvalue weighted by Gasteiger charge is 2.46. The fourth-order valence-corrected chi connectivity index (χ4v) is 2.29. The number of cyclic esters (lactones) is 2. The average molecular weight is 312 g/mol. The van der Waals surface area contributed by atoms with Gasteiger partial charge in [0.2, 0.25) is 0 Å². The van der Waals surface area contributed by atoms with Crippen LogP contribution in [0.1, 0.15) is 11.1 Å². The Morgan fingerprint density at radius 1 is 0.696 bits per heavy atom. The topological polar surface area (TPSA) is 61.8 Å². The second-order valence-electron chi connectivity index (χ2n) is 5.17. The summed E-state index contributed by atoms with van der Waals surface area (Å²) < 4.78 is 15.7. The zero-order chi connectivity index (χ0) is 16.1. The lowest BCUT2D eigenvalue weighted by molar-refractivity contribution is -0.156. The Labute approximate surface area is 133 Å². The molecule has 0 aliphatic carbocycles. The van der Waals surface area contributed by atoms with Gasteiger partial charge in [0.05, 0.1) is 13.2 Å². The van der Waals surface area contributed by atoms with Crippen molar-refractivity contribution in [3.05, 3.63) is 71.8 Å². The number of hydrogen-bond donors (Lipinski definition) is 0. The molecule has 0 unspecified atom stereocenters. The highest BCUT2D eigenvalue weighted by atomic mass is 16.7. The molecule has 1 heterocycles. The third-order valence-electron chi connectivity index (χ3n) is 3.49. The van der Waals surface area contributed by atoms with Crippen molar-refractivity contribution in [1.29, 1.82) is 0 Å². The van der Waals surface area contributed by atoms with Crippen molar-refractivity contribution in [2.24, 2.45) is 0 Å². The van der Waals surface area contributed by atoms with E-state index in [9.17, 15) is 9.59 Å². The first-order chi connectivity index (χ1) is 11.2. The van der Waals surface area contributed by atoms with Crippen LogP contribution in [0.2, 0.25) is 0 Å². The van der Waals surface area contributed by atoms with Gasteiger partial charge in [0, 0.05) is 0 Å². The molecule has 2 atom stereocenters. The second kappa shape index (κ2) is 7.17. The van der Waals surface area contributed by atoms with Gasteiger partial charge in [-0.1, -0.05) is 60.7 Å². The lowest BCUT2D eigenvalue weighted by Crippen LogP contribution is -2.34. The van der Waals surface area contributed by atoms with Gasteiger partial charge in [0.25, 0.3) is 0 Å². The Hall–Kier alpha value is -2.50. The van der Waals surface area contributed by atoms with E-state index in [1.807, 2.05) is 60.7 Å². The number of ether oxygens (including phenoxy) is 3. The number of benzene rings is 2. The van der Waals surface area contributed by atoms with E-state index in [4.69, 9.17) is 9.47 Å². The van der Waals surface area contributed by atoms with Crippen LogP contribution in [0, 0.1) is 0 Å². The van der Waals surface area contributed by atoms with E-state index in [1.54, 1.807) is 0 Å². The maximum absolute atomic E-state index is 11.8. The smallest absolute Gasteiger partial charge is 0.346 e. The largest absolute Gasteiger partial charge is 0.389 e. The average Bonchev–Trinajstić information content (AvgIpc) is 2.86. The highest BCUT2D eigenvalue weighted by Crippen LogP contribution is 2.20. The quantitative estimate of drug-likeness (QED) is 0.605. The molecule has 0 radical (unpaired) electrons. The van der Waals surface area contributed by atoms with Gasteiger partial charge in [-0.15, -0.1) is 0 Å². The fourth-order valence-electron chi connectivity index (χ4n) is 2.29. The monoisotopic (exact) mass is 312 g/mol. The zero-order valence-electron chi connectivity index (χ0n) is 12.4. The first-order valence-corrected chi connectivity index (χ1v) is 7.30. The molecule has 1 aliphatic rings. The van der Waals surface area contributed by atoms with Crippen LogP contribution in [0.25, 0.3) is 0 Å². The maximum Gasteiger partial charge on any atom is 0.346 e. The first-order valence-electron chi connectivity index (χ1n) is 7.30. The van der Waals surface area contributed by atoms with E-state index < -0.39 is 24.1 Å². The van der Waals surface area contributed by atoms with Crippen LogP contribution in [-0.4, -0.2) is 24.1 Å². The van der Waals surface area contributed by atoms with Crippen LogP contribution in [0.3, 0.4) is 0 Å². The van der Waals surface area contributed by atoms with Crippen molar-refractivity contribution in [2.45, 2.75) is 25.4 Å². The predicted molar refractivity (Wildman–Crippen MR) is 81.1 cm³/mol. The second-order valence-corrected chi connectivity index (χ2v) is 5.17. The summed E-state index contributed by atoms with van der Waals surface area (Å²) in [5, 5.41) is 0. The molecule has 118 valence electrons. The van der Waals surface area contributed by atoms with Gasteiger partial charge in [-0.3, -0.25) is 0 Å². The summed E-state index contributed by atoms with van der Waals surface area (Å²) in [7, 11) is 0. The molecule has 0 aromatic heterocycles. The summed E-state index contributed by atoms with van der Waals surface area (Å²) in [4.78, 5) is 23.6. The molecule has 0 spiro atoms. The van der Waals surface area contributed by atoms with E-state index in [1.165, 1.54) is 0 Å². The molecule has 0 bridgehead atoms. The van der Waals surface area contributed by atoms with Crippen LogP contribution in [-0.2, 0) is 37.0 Å². The van der Waals surface area contributed by atoms with Crippen LogP contribution in [0.5, 0.6) is 0 Å². The third kappa shape index (κ3) is 3.83. The van der Waals surface area contributed by atoms with Gasteiger partial charge in [-0.2, -0.15) is 0 Å². The molecule has 0 amide bonds. The number of rotatable bonds is 6. The van der Waals surface area contributed by atoms with E-state index in [0.29, 0.717) is 0 Å². The number of esters is 2. The molecule has 1 fully saturated rings. The molecular weight excluding hydrogens is 296 g/mol. The van der Waals surface area contributed by atoms with E-state index in [-0.39, 0.29) is 13.2 Å². The van der Waals surface area contributed by atoms with E-state index >= 15 is 0 Å². The summed E-state index contributed by atoms with van der Waals surface area (Å²) in [6.07, 6.45) is -2.07. The molecule has 0 N–H and O–H groups in total. The van der Waals surface area contributed by atoms with Crippen LogP contribution >= 0.6 is 0 Å². The molecule has 1 aliphatic heterocycles. The first kappa shape index (κ1) is 15.4. The molecule has 1 saturated heterocycles. The van der Waals surface area contributed by atoms with E-state index in [2.05, 4.69) is 4.74 Å². The van der Waals surface area contributed by atoms with Crippen LogP contribution in [0.15, 0.2) is 60.7 Å². The maximum atomic E-state index is 11.8. The standard InChI is InChI=1S/C18H16O5/c19-17-15(21-11-13-7-3-1-4-8-13)16(18(20)23-17)22-12-14-9-5-2-6-10-14/h1-10,15-16H,11-12H2/t15-,16-/m1/s1. The van der Waals surface area contributed by atoms with Gasteiger partial charge >= 0.3 is 11.9 Å². The lowest BCUT2D eigenvalue weighted by Gasteiger charge is -2.15. The minimum absolute atomic E-state index is 0.207. The van der Waals surface area contributed by atoms with Crippen LogP contribution < -0.4 is 0 Å². The van der Waals surface area contributed by atoms with Crippen LogP contribution in [0.4, 0.5) is 0 Å². The number of hydrogen-bond acceptors (Lipinski definition) is 5. The summed E-state index contributed by atoms with van der Waals surface area (Å²) in [6.45, 7) is 0.415. The van der Waals surface area contributed by atoms with Gasteiger partial charge in [-0.05, 0) is 11.1 Å². The zero-order valence-corrected chi connectivity index (χ0v) is 12.4. The summed E-state index contributed by atoms with van der Waals surface area (Å²) in [6, 6.07) is 18.8. The number of carbonyl (C=O) groups is 2. The predicted octanol–water partition coefficient (Wildman–Crippen LogP) is 2.24. The molecule has 23 heavy (non-hydrogen) atoms. The molecule has 2 aromatic rings. The van der Waals surface area contributed by atoms with Gasteiger partial charge in [0.1, 0.15) is 0 Å². The summed E-state index contributed by atoms with van der Waals surface area (Å²) in [5.41, 5.74) is 1.81. The molecule has 3 rings (SSSR count). The Morgan fingerprint density at radius 2 is 1.09 bits per heavy atom. The van der Waals surface area contributed by atoms with E-state index in [0.717, 1.165) is 11.1 Å². The van der Waals surface area contributed by atoms with Crippen molar-refractivity contribution < 1.29 is 23.8 Å². The van der Waals surface area contributed by atoms with Crippen molar-refractivity contribution in [3.8, 4) is 0 Å². The van der Waals surface area contributed by atoms with Gasteiger partial charge < -0.3 is 14.2 Å². The summed E-state index contributed by atoms with van der Waals surface area (Å²) in [5.74, 6) is -1.41. The normalized spacial score (nSPS) is 20.5. The highest BCUT2D eigenvalue weighted by molar-refractivity contribution is 5.99. The Morgan fingerprint density at radius 3 is 1.48 bits per heavy atom. The SMILES string of the molecule is O=C1OC(=O)[C@H](OCc2ccccc2)[C@H]1OCc1ccccc1. The fraction of sp³-hybridized carbons (Fsp3) is 0.222. The Bertz CT molecular complexity index is 609. The Balaban J connectivity index is 1.62. The molecule has 5 nitrogen and oxygen atoms in total. The minimum Gasteiger partial charge on any atom is -0.389 e. The molecule has 5 heteroatoms. The Kier molecular flexibility index (Phi) is 4.80. The molecular formula is C18H16O5. The van der Waals surface area contributed by atoms with Gasteiger partial charge in [-0.25, -0.2) is 9.59 Å². The van der Waals surface area contributed by atoms with Crippen molar-refractivity contribution in [1.82, 2.24) is 0 Å². The van der Waals surface area contributed by atoms with Crippen molar-refractivity contribution in [3.63, 3.8) is 0 Å².